The van der Waals surface area contributed by atoms with E-state index in [4.69, 9.17) is 4.74 Å². The zero-order valence-electron chi connectivity index (χ0n) is 9.76. The molecule has 0 aromatic carbocycles. The van der Waals surface area contributed by atoms with E-state index in [-0.39, 0.29) is 0 Å². The molecule has 0 aromatic heterocycles. The average molecular weight is 182 g/mol. The largest absolute Gasteiger partial charge is 0.383 e. The molecule has 1 aliphatic rings. The van der Waals surface area contributed by atoms with Crippen molar-refractivity contribution in [3.8, 4) is 0 Å². The Kier molecular flexibility index (Phi) is 3.45. The molecule has 0 radical (unpaired) electrons. The van der Waals surface area contributed by atoms with E-state index in [0.717, 1.165) is 5.92 Å². The smallest absolute Gasteiger partial charge is 0.154 e. The SMILES string of the molecule is CB[C@H]1C[C@H](C)C(CC(C)(C)C)O1. The van der Waals surface area contributed by atoms with Crippen LogP contribution in [0.25, 0.3) is 0 Å². The van der Waals surface area contributed by atoms with Gasteiger partial charge in [0.15, 0.2) is 7.28 Å². The van der Waals surface area contributed by atoms with Crippen molar-refractivity contribution in [3.05, 3.63) is 0 Å². The van der Waals surface area contributed by atoms with Gasteiger partial charge in [-0.1, -0.05) is 34.5 Å². The van der Waals surface area contributed by atoms with Crippen LogP contribution in [-0.2, 0) is 4.74 Å². The van der Waals surface area contributed by atoms with Crippen molar-refractivity contribution in [2.75, 3.05) is 0 Å². The molecule has 1 rings (SSSR count). The van der Waals surface area contributed by atoms with Gasteiger partial charge in [0.05, 0.1) is 6.10 Å². The summed E-state index contributed by atoms with van der Waals surface area (Å²) in [5, 5.41) is 0. The Morgan fingerprint density at radius 2 is 2.00 bits per heavy atom. The molecule has 13 heavy (non-hydrogen) atoms. The van der Waals surface area contributed by atoms with Gasteiger partial charge in [-0.2, -0.15) is 0 Å². The monoisotopic (exact) mass is 182 g/mol. The number of hydrogen-bond donors (Lipinski definition) is 0. The van der Waals surface area contributed by atoms with Crippen molar-refractivity contribution in [2.45, 2.75) is 59.5 Å². The van der Waals surface area contributed by atoms with Crippen LogP contribution < -0.4 is 0 Å². The summed E-state index contributed by atoms with van der Waals surface area (Å²) in [6.07, 6.45) is 2.96. The van der Waals surface area contributed by atoms with Gasteiger partial charge >= 0.3 is 0 Å². The molecule has 0 saturated carbocycles. The van der Waals surface area contributed by atoms with Gasteiger partial charge in [-0.3, -0.25) is 0 Å². The van der Waals surface area contributed by atoms with Gasteiger partial charge in [0.1, 0.15) is 0 Å². The maximum atomic E-state index is 6.00. The predicted molar refractivity (Wildman–Crippen MR) is 59.5 cm³/mol. The Morgan fingerprint density at radius 3 is 2.38 bits per heavy atom. The van der Waals surface area contributed by atoms with Crippen molar-refractivity contribution < 1.29 is 4.74 Å². The lowest BCUT2D eigenvalue weighted by atomic mass is 9.72. The van der Waals surface area contributed by atoms with Crippen molar-refractivity contribution in [1.29, 1.82) is 0 Å². The summed E-state index contributed by atoms with van der Waals surface area (Å²) in [6.45, 7) is 11.4. The van der Waals surface area contributed by atoms with Gasteiger partial charge in [0.2, 0.25) is 0 Å². The van der Waals surface area contributed by atoms with Crippen LogP contribution in [0.3, 0.4) is 0 Å². The molecule has 1 heterocycles. The summed E-state index contributed by atoms with van der Waals surface area (Å²) in [4.78, 5) is 0. The molecule has 0 N–H and O–H groups in total. The molecule has 0 spiro atoms. The normalized spacial score (nSPS) is 35.0. The minimum atomic E-state index is 0.404. The second-order valence-corrected chi connectivity index (χ2v) is 5.68. The molecule has 3 atom stereocenters. The molecule has 1 nitrogen and oxygen atoms in total. The van der Waals surface area contributed by atoms with E-state index in [1.54, 1.807) is 0 Å². The van der Waals surface area contributed by atoms with Gasteiger partial charge < -0.3 is 4.74 Å². The summed E-state index contributed by atoms with van der Waals surface area (Å²) in [6, 6.07) is 0.530. The van der Waals surface area contributed by atoms with Crippen LogP contribution in [0, 0.1) is 11.3 Å². The third-order valence-electron chi connectivity index (χ3n) is 2.91. The maximum absolute atomic E-state index is 6.00. The fourth-order valence-electron chi connectivity index (χ4n) is 2.12. The lowest BCUT2D eigenvalue weighted by Gasteiger charge is -2.25. The minimum Gasteiger partial charge on any atom is -0.383 e. The highest BCUT2D eigenvalue weighted by Crippen LogP contribution is 2.33. The molecular weight excluding hydrogens is 159 g/mol. The van der Waals surface area contributed by atoms with Crippen molar-refractivity contribution in [3.63, 3.8) is 0 Å². The zero-order valence-corrected chi connectivity index (χ0v) is 9.76. The fourth-order valence-corrected chi connectivity index (χ4v) is 2.12. The maximum Gasteiger partial charge on any atom is 0.154 e. The van der Waals surface area contributed by atoms with E-state index in [9.17, 15) is 0 Å². The third-order valence-corrected chi connectivity index (χ3v) is 2.91. The van der Waals surface area contributed by atoms with Gasteiger partial charge in [0.25, 0.3) is 0 Å². The predicted octanol–water partition coefficient (Wildman–Crippen LogP) is 2.66. The Balaban J connectivity index is 2.44. The standard InChI is InChI=1S/C11H23BO/c1-8-6-10(12-5)13-9(8)7-11(2,3)4/h8-10,12H,6-7H2,1-5H3/t8-,9?,10+/m0/s1. The van der Waals surface area contributed by atoms with Gasteiger partial charge in [-0.25, -0.2) is 0 Å². The first kappa shape index (κ1) is 11.1. The van der Waals surface area contributed by atoms with Gasteiger partial charge in [0, 0.05) is 6.00 Å². The lowest BCUT2D eigenvalue weighted by molar-refractivity contribution is 0.0427. The third kappa shape index (κ3) is 3.34. The van der Waals surface area contributed by atoms with Crippen LogP contribution in [0.1, 0.15) is 40.5 Å². The highest BCUT2D eigenvalue weighted by molar-refractivity contribution is 6.35. The second-order valence-electron chi connectivity index (χ2n) is 5.68. The van der Waals surface area contributed by atoms with E-state index >= 15 is 0 Å². The molecule has 2 heteroatoms. The van der Waals surface area contributed by atoms with E-state index in [0.29, 0.717) is 17.5 Å². The van der Waals surface area contributed by atoms with Crippen LogP contribution in [0.4, 0.5) is 0 Å². The van der Waals surface area contributed by atoms with Gasteiger partial charge in [-0.05, 0) is 24.2 Å². The van der Waals surface area contributed by atoms with Crippen LogP contribution in [0.2, 0.25) is 6.82 Å². The van der Waals surface area contributed by atoms with Crippen LogP contribution in [0.15, 0.2) is 0 Å². The molecule has 1 fully saturated rings. The van der Waals surface area contributed by atoms with E-state index in [2.05, 4.69) is 34.5 Å². The number of ether oxygens (including phenoxy) is 1. The molecular formula is C11H23BO. The summed E-state index contributed by atoms with van der Waals surface area (Å²) in [7, 11) is 1.17. The Hall–Kier alpha value is 0.0249. The van der Waals surface area contributed by atoms with Crippen molar-refractivity contribution in [2.24, 2.45) is 11.3 Å². The lowest BCUT2D eigenvalue weighted by Crippen LogP contribution is -2.22. The number of hydrogen-bond acceptors (Lipinski definition) is 1. The second kappa shape index (κ2) is 4.04. The first-order valence-electron chi connectivity index (χ1n) is 5.58. The quantitative estimate of drug-likeness (QED) is 0.596. The Bertz CT molecular complexity index is 162. The first-order chi connectivity index (χ1) is 5.92. The molecule has 1 unspecified atom stereocenters. The molecule has 1 aliphatic heterocycles. The molecule has 76 valence electrons. The van der Waals surface area contributed by atoms with E-state index < -0.39 is 0 Å². The first-order valence-corrected chi connectivity index (χ1v) is 5.58. The van der Waals surface area contributed by atoms with Crippen LogP contribution in [-0.4, -0.2) is 19.4 Å². The van der Waals surface area contributed by atoms with Crippen molar-refractivity contribution in [1.82, 2.24) is 0 Å². The minimum absolute atomic E-state index is 0.404. The Labute approximate surface area is 83.5 Å². The Morgan fingerprint density at radius 1 is 1.38 bits per heavy atom. The average Bonchev–Trinajstić information content (AvgIpc) is 2.29. The zero-order chi connectivity index (χ0) is 10.1. The number of rotatable bonds is 2. The fraction of sp³-hybridized carbons (Fsp3) is 1.00. The molecule has 0 amide bonds. The highest BCUT2D eigenvalue weighted by Gasteiger charge is 2.33. The molecule has 1 saturated heterocycles. The molecule has 0 aliphatic carbocycles. The molecule has 0 bridgehead atoms. The van der Waals surface area contributed by atoms with E-state index in [1.807, 2.05) is 0 Å². The van der Waals surface area contributed by atoms with Crippen LogP contribution >= 0.6 is 0 Å². The summed E-state index contributed by atoms with van der Waals surface area (Å²) in [5.41, 5.74) is 0.404. The van der Waals surface area contributed by atoms with E-state index in [1.165, 1.54) is 20.1 Å². The summed E-state index contributed by atoms with van der Waals surface area (Å²) in [5.74, 6) is 0.754. The topological polar surface area (TPSA) is 9.23 Å². The summed E-state index contributed by atoms with van der Waals surface area (Å²) >= 11 is 0. The summed E-state index contributed by atoms with van der Waals surface area (Å²) < 4.78 is 6.00. The highest BCUT2D eigenvalue weighted by atomic mass is 16.5. The molecule has 0 aromatic rings. The van der Waals surface area contributed by atoms with Crippen LogP contribution in [0.5, 0.6) is 0 Å². The van der Waals surface area contributed by atoms with Crippen molar-refractivity contribution >= 4 is 7.28 Å². The van der Waals surface area contributed by atoms with Gasteiger partial charge in [-0.15, -0.1) is 0 Å².